The first-order chi connectivity index (χ1) is 16.0. The van der Waals surface area contributed by atoms with Crippen LogP contribution in [0.15, 0.2) is 64.9 Å². The summed E-state index contributed by atoms with van der Waals surface area (Å²) in [5.41, 5.74) is 0.629. The van der Waals surface area contributed by atoms with E-state index < -0.39 is 11.8 Å². The highest BCUT2D eigenvalue weighted by molar-refractivity contribution is 6.11. The van der Waals surface area contributed by atoms with Gasteiger partial charge in [-0.2, -0.15) is 0 Å². The summed E-state index contributed by atoms with van der Waals surface area (Å²) in [6.07, 6.45) is 2.88. The van der Waals surface area contributed by atoms with Gasteiger partial charge in [-0.25, -0.2) is 0 Å². The molecule has 2 amide bonds. The van der Waals surface area contributed by atoms with Crippen LogP contribution in [0.1, 0.15) is 16.1 Å². The van der Waals surface area contributed by atoms with Crippen molar-refractivity contribution < 1.29 is 33.0 Å². The van der Waals surface area contributed by atoms with Gasteiger partial charge in [-0.1, -0.05) is 0 Å². The van der Waals surface area contributed by atoms with Crippen molar-refractivity contribution in [3.05, 3.63) is 71.8 Å². The van der Waals surface area contributed by atoms with Crippen molar-refractivity contribution in [3.8, 4) is 23.0 Å². The molecule has 9 heteroatoms. The van der Waals surface area contributed by atoms with Gasteiger partial charge in [-0.05, 0) is 42.5 Å². The number of benzene rings is 2. The zero-order chi connectivity index (χ0) is 23.8. The number of hydrogen-bond donors (Lipinski definition) is 2. The number of methoxy groups -OCH3 is 4. The van der Waals surface area contributed by atoms with Gasteiger partial charge in [-0.15, -0.1) is 0 Å². The van der Waals surface area contributed by atoms with Crippen LogP contribution in [0.25, 0.3) is 6.08 Å². The van der Waals surface area contributed by atoms with Gasteiger partial charge in [0, 0.05) is 17.7 Å². The molecular weight excluding hydrogens is 428 g/mol. The Labute approximate surface area is 190 Å². The summed E-state index contributed by atoms with van der Waals surface area (Å²) in [4.78, 5) is 26.0. The third kappa shape index (κ3) is 5.65. The molecule has 3 rings (SSSR count). The van der Waals surface area contributed by atoms with E-state index in [9.17, 15) is 9.59 Å². The number of hydrogen-bond acceptors (Lipinski definition) is 7. The van der Waals surface area contributed by atoms with E-state index in [0.29, 0.717) is 34.4 Å². The lowest BCUT2D eigenvalue weighted by molar-refractivity contribution is -0.113. The quantitative estimate of drug-likeness (QED) is 0.476. The number of nitrogens with one attached hydrogen (secondary N) is 2. The van der Waals surface area contributed by atoms with Crippen molar-refractivity contribution >= 4 is 23.6 Å². The van der Waals surface area contributed by atoms with E-state index in [1.165, 1.54) is 46.8 Å². The van der Waals surface area contributed by atoms with Crippen molar-refractivity contribution in [3.63, 3.8) is 0 Å². The van der Waals surface area contributed by atoms with Gasteiger partial charge in [0.2, 0.25) is 0 Å². The molecule has 3 aromatic rings. The predicted octanol–water partition coefficient (Wildman–Crippen LogP) is 3.72. The molecule has 0 fully saturated rings. The van der Waals surface area contributed by atoms with Crippen molar-refractivity contribution in [2.24, 2.45) is 0 Å². The highest BCUT2D eigenvalue weighted by Crippen LogP contribution is 2.30. The molecule has 0 aliphatic carbocycles. The van der Waals surface area contributed by atoms with Crippen LogP contribution in [0.5, 0.6) is 23.0 Å². The van der Waals surface area contributed by atoms with E-state index in [1.54, 1.807) is 42.5 Å². The molecule has 9 nitrogen and oxygen atoms in total. The van der Waals surface area contributed by atoms with Crippen LogP contribution in [-0.4, -0.2) is 40.3 Å². The minimum Gasteiger partial charge on any atom is -0.497 e. The first kappa shape index (κ1) is 23.3. The van der Waals surface area contributed by atoms with Crippen LogP contribution >= 0.6 is 0 Å². The first-order valence-corrected chi connectivity index (χ1v) is 9.81. The van der Waals surface area contributed by atoms with E-state index in [0.717, 1.165) is 0 Å². The average Bonchev–Trinajstić information content (AvgIpc) is 3.36. The summed E-state index contributed by atoms with van der Waals surface area (Å²) < 4.78 is 26.3. The van der Waals surface area contributed by atoms with Gasteiger partial charge in [0.1, 0.15) is 23.0 Å². The molecule has 0 spiro atoms. The molecule has 33 heavy (non-hydrogen) atoms. The topological polar surface area (TPSA) is 108 Å². The number of carbonyl (C=O) groups is 2. The molecular formula is C24H24N2O7. The molecule has 0 atom stereocenters. The van der Waals surface area contributed by atoms with Gasteiger partial charge < -0.3 is 34.0 Å². The lowest BCUT2D eigenvalue weighted by Crippen LogP contribution is -2.30. The van der Waals surface area contributed by atoms with E-state index in [2.05, 4.69) is 10.6 Å². The van der Waals surface area contributed by atoms with Crippen molar-refractivity contribution in [1.29, 1.82) is 0 Å². The monoisotopic (exact) mass is 452 g/mol. The molecule has 0 unspecified atom stereocenters. The summed E-state index contributed by atoms with van der Waals surface area (Å²) in [5.74, 6) is 1.10. The molecule has 0 radical (unpaired) electrons. The number of amides is 2. The van der Waals surface area contributed by atoms with Crippen molar-refractivity contribution in [2.75, 3.05) is 33.8 Å². The number of furan rings is 1. The van der Waals surface area contributed by atoms with Crippen molar-refractivity contribution in [2.45, 2.75) is 0 Å². The average molecular weight is 452 g/mol. The van der Waals surface area contributed by atoms with E-state index in [1.807, 2.05) is 0 Å². The second-order valence-electron chi connectivity index (χ2n) is 6.62. The largest absolute Gasteiger partial charge is 0.497 e. The fourth-order valence-corrected chi connectivity index (χ4v) is 2.94. The van der Waals surface area contributed by atoms with Crippen LogP contribution in [0.4, 0.5) is 5.69 Å². The maximum atomic E-state index is 13.1. The number of anilines is 1. The molecule has 0 saturated heterocycles. The van der Waals surface area contributed by atoms with Crippen LogP contribution < -0.4 is 29.6 Å². The summed E-state index contributed by atoms with van der Waals surface area (Å²) >= 11 is 0. The molecule has 172 valence electrons. The smallest absolute Gasteiger partial charge is 0.272 e. The Morgan fingerprint density at radius 2 is 1.61 bits per heavy atom. The third-order valence-corrected chi connectivity index (χ3v) is 4.63. The third-order valence-electron chi connectivity index (χ3n) is 4.63. The molecule has 2 aromatic carbocycles. The normalized spacial score (nSPS) is 10.8. The minimum absolute atomic E-state index is 0.0393. The number of ether oxygens (including phenoxy) is 4. The highest BCUT2D eigenvalue weighted by Gasteiger charge is 2.18. The lowest BCUT2D eigenvalue weighted by Gasteiger charge is -2.14. The van der Waals surface area contributed by atoms with Crippen LogP contribution in [0.3, 0.4) is 0 Å². The minimum atomic E-state index is -0.580. The Kier molecular flexibility index (Phi) is 7.59. The Balaban J connectivity index is 1.88. The molecule has 2 N–H and O–H groups in total. The Morgan fingerprint density at radius 1 is 0.848 bits per heavy atom. The second kappa shape index (κ2) is 10.8. The summed E-state index contributed by atoms with van der Waals surface area (Å²) in [7, 11) is 5.97. The SMILES string of the molecule is COc1ccc(NC(=O)/C(=C/c2ccco2)NC(=O)c2ccc(OC)c(OC)c2)c(OC)c1. The molecule has 0 bridgehead atoms. The molecule has 0 aliphatic heterocycles. The molecule has 0 aliphatic rings. The standard InChI is InChI=1S/C24H24N2O7/c1-29-16-8-9-18(21(14-16)31-3)25-24(28)19(13-17-6-5-11-33-17)26-23(27)15-7-10-20(30-2)22(12-15)32-4/h5-14H,1-4H3,(H,25,28)(H,26,27)/b19-13-. The fraction of sp³-hybridized carbons (Fsp3) is 0.167. The van der Waals surface area contributed by atoms with E-state index in [-0.39, 0.29) is 11.3 Å². The fourth-order valence-electron chi connectivity index (χ4n) is 2.94. The molecule has 0 saturated carbocycles. The highest BCUT2D eigenvalue weighted by atomic mass is 16.5. The molecule has 1 heterocycles. The first-order valence-electron chi connectivity index (χ1n) is 9.81. The maximum Gasteiger partial charge on any atom is 0.272 e. The maximum absolute atomic E-state index is 13.1. The Morgan fingerprint density at radius 3 is 2.24 bits per heavy atom. The lowest BCUT2D eigenvalue weighted by atomic mass is 10.1. The van der Waals surface area contributed by atoms with Gasteiger partial charge in [0.05, 0.1) is 40.4 Å². The van der Waals surface area contributed by atoms with Crippen molar-refractivity contribution in [1.82, 2.24) is 5.32 Å². The van der Waals surface area contributed by atoms with E-state index >= 15 is 0 Å². The van der Waals surface area contributed by atoms with Gasteiger partial charge in [0.15, 0.2) is 11.5 Å². The second-order valence-corrected chi connectivity index (χ2v) is 6.62. The van der Waals surface area contributed by atoms with Crippen LogP contribution in [0.2, 0.25) is 0 Å². The zero-order valence-electron chi connectivity index (χ0n) is 18.6. The Bertz CT molecular complexity index is 1150. The summed E-state index contributed by atoms with van der Waals surface area (Å²) in [6.45, 7) is 0. The van der Waals surface area contributed by atoms with Gasteiger partial charge in [-0.3, -0.25) is 9.59 Å². The summed E-state index contributed by atoms with van der Waals surface area (Å²) in [5, 5.41) is 5.36. The number of rotatable bonds is 9. The Hall–Kier alpha value is -4.40. The number of carbonyl (C=O) groups excluding carboxylic acids is 2. The van der Waals surface area contributed by atoms with Crippen LogP contribution in [-0.2, 0) is 4.79 Å². The van der Waals surface area contributed by atoms with Crippen LogP contribution in [0, 0.1) is 0 Å². The summed E-state index contributed by atoms with van der Waals surface area (Å²) in [6, 6.07) is 13.0. The zero-order valence-corrected chi connectivity index (χ0v) is 18.6. The predicted molar refractivity (Wildman–Crippen MR) is 122 cm³/mol. The van der Waals surface area contributed by atoms with E-state index in [4.69, 9.17) is 23.4 Å². The molecule has 1 aromatic heterocycles. The van der Waals surface area contributed by atoms with Gasteiger partial charge in [0.25, 0.3) is 11.8 Å². The van der Waals surface area contributed by atoms with Gasteiger partial charge >= 0.3 is 0 Å².